The summed E-state index contributed by atoms with van der Waals surface area (Å²) in [7, 11) is 0. The third-order valence-corrected chi connectivity index (χ3v) is 3.21. The van der Waals surface area contributed by atoms with E-state index < -0.39 is 0 Å². The van der Waals surface area contributed by atoms with Crippen LogP contribution in [-0.2, 0) is 0 Å². The summed E-state index contributed by atoms with van der Waals surface area (Å²) < 4.78 is 0. The fourth-order valence-electron chi connectivity index (χ4n) is 1.90. The van der Waals surface area contributed by atoms with Gasteiger partial charge in [0.1, 0.15) is 0 Å². The number of hydrogen-bond acceptors (Lipinski definition) is 1. The van der Waals surface area contributed by atoms with E-state index in [4.69, 9.17) is 6.42 Å². The Hall–Kier alpha value is -0.520. The van der Waals surface area contributed by atoms with Gasteiger partial charge >= 0.3 is 0 Å². The average molecular weight is 182 g/mol. The van der Waals surface area contributed by atoms with E-state index in [2.05, 4.69) is 26.7 Å². The van der Waals surface area contributed by atoms with E-state index in [1.807, 2.05) is 0 Å². The van der Waals surface area contributed by atoms with Crippen LogP contribution in [0.4, 0.5) is 0 Å². The molecule has 1 aliphatic rings. The SMILES string of the molecule is C#CC(C)(C)[NH+]1CC[C@H](O)[C@@H](C)C1. The normalized spacial score (nSPS) is 35.5. The zero-order valence-corrected chi connectivity index (χ0v) is 8.80. The van der Waals surface area contributed by atoms with E-state index >= 15 is 0 Å². The lowest BCUT2D eigenvalue weighted by molar-refractivity contribution is -0.948. The molecule has 0 amide bonds. The Bertz CT molecular complexity index is 217. The Kier molecular flexibility index (Phi) is 3.00. The lowest BCUT2D eigenvalue weighted by Crippen LogP contribution is -3.20. The predicted octanol–water partition coefficient (Wildman–Crippen LogP) is -0.316. The quantitative estimate of drug-likeness (QED) is 0.534. The molecule has 0 saturated carbocycles. The molecular weight excluding hydrogens is 162 g/mol. The predicted molar refractivity (Wildman–Crippen MR) is 53.4 cm³/mol. The van der Waals surface area contributed by atoms with Gasteiger partial charge in [-0.15, -0.1) is 6.42 Å². The maximum atomic E-state index is 9.57. The summed E-state index contributed by atoms with van der Waals surface area (Å²) in [4.78, 5) is 1.42. The number of rotatable bonds is 1. The van der Waals surface area contributed by atoms with E-state index in [0.717, 1.165) is 19.5 Å². The van der Waals surface area contributed by atoms with Gasteiger partial charge in [0.2, 0.25) is 0 Å². The van der Waals surface area contributed by atoms with Gasteiger partial charge in [0.05, 0.1) is 19.2 Å². The first-order valence-electron chi connectivity index (χ1n) is 4.98. The number of quaternary nitrogens is 1. The van der Waals surface area contributed by atoms with Crippen molar-refractivity contribution >= 4 is 0 Å². The molecule has 1 rings (SSSR count). The van der Waals surface area contributed by atoms with Crippen LogP contribution >= 0.6 is 0 Å². The number of likely N-dealkylation sites (tertiary alicyclic amines) is 1. The number of piperidine rings is 1. The summed E-state index contributed by atoms with van der Waals surface area (Å²) in [5, 5.41) is 9.57. The van der Waals surface area contributed by atoms with Crippen molar-refractivity contribution < 1.29 is 10.0 Å². The monoisotopic (exact) mass is 182 g/mol. The number of terminal acetylenes is 1. The first-order valence-corrected chi connectivity index (χ1v) is 4.98. The van der Waals surface area contributed by atoms with Gasteiger partial charge in [-0.3, -0.25) is 0 Å². The molecule has 2 heteroatoms. The van der Waals surface area contributed by atoms with E-state index in [0.29, 0.717) is 5.92 Å². The largest absolute Gasteiger partial charge is 0.392 e. The van der Waals surface area contributed by atoms with Crippen molar-refractivity contribution in [1.29, 1.82) is 0 Å². The summed E-state index contributed by atoms with van der Waals surface area (Å²) in [6.45, 7) is 8.25. The van der Waals surface area contributed by atoms with Crippen LogP contribution in [0.15, 0.2) is 0 Å². The highest BCUT2D eigenvalue weighted by atomic mass is 16.3. The highest BCUT2D eigenvalue weighted by Gasteiger charge is 2.35. The molecule has 0 aliphatic carbocycles. The minimum absolute atomic E-state index is 0.0889. The fraction of sp³-hybridized carbons (Fsp3) is 0.818. The molecule has 13 heavy (non-hydrogen) atoms. The summed E-state index contributed by atoms with van der Waals surface area (Å²) in [6, 6.07) is 0. The molecular formula is C11H20NO+. The number of aliphatic hydroxyl groups excluding tert-OH is 1. The van der Waals surface area contributed by atoms with E-state index in [1.54, 1.807) is 0 Å². The molecule has 1 fully saturated rings. The van der Waals surface area contributed by atoms with Crippen molar-refractivity contribution in [2.75, 3.05) is 13.1 Å². The fourth-order valence-corrected chi connectivity index (χ4v) is 1.90. The van der Waals surface area contributed by atoms with Gasteiger partial charge in [0, 0.05) is 26.2 Å². The van der Waals surface area contributed by atoms with Crippen molar-refractivity contribution in [1.82, 2.24) is 0 Å². The van der Waals surface area contributed by atoms with Crippen LogP contribution in [0.3, 0.4) is 0 Å². The molecule has 2 N–H and O–H groups in total. The molecule has 1 heterocycles. The van der Waals surface area contributed by atoms with Gasteiger partial charge in [0.25, 0.3) is 0 Å². The molecule has 0 spiro atoms. The minimum Gasteiger partial charge on any atom is -0.392 e. The smallest absolute Gasteiger partial charge is 0.153 e. The van der Waals surface area contributed by atoms with Crippen LogP contribution in [-0.4, -0.2) is 29.8 Å². The lowest BCUT2D eigenvalue weighted by atomic mass is 9.92. The molecule has 1 aliphatic heterocycles. The number of hydrogen-bond donors (Lipinski definition) is 2. The van der Waals surface area contributed by atoms with Gasteiger partial charge in [-0.25, -0.2) is 0 Å². The Morgan fingerprint density at radius 3 is 2.62 bits per heavy atom. The van der Waals surface area contributed by atoms with Crippen molar-refractivity contribution in [3.05, 3.63) is 0 Å². The first-order chi connectivity index (χ1) is 5.97. The van der Waals surface area contributed by atoms with Crippen molar-refractivity contribution in [3.63, 3.8) is 0 Å². The molecule has 3 atom stereocenters. The van der Waals surface area contributed by atoms with Gasteiger partial charge < -0.3 is 10.0 Å². The van der Waals surface area contributed by atoms with Crippen LogP contribution in [0.5, 0.6) is 0 Å². The Morgan fingerprint density at radius 1 is 1.54 bits per heavy atom. The second-order valence-corrected chi connectivity index (χ2v) is 4.66. The Balaban J connectivity index is 2.61. The second-order valence-electron chi connectivity index (χ2n) is 4.66. The standard InChI is InChI=1S/C11H19NO/c1-5-11(3,4)12-7-6-10(13)9(2)8-12/h1,9-10,13H,6-8H2,2-4H3/p+1/t9-,10-/m0/s1. The zero-order chi connectivity index (χ0) is 10.1. The average Bonchev–Trinajstić information content (AvgIpc) is 2.09. The van der Waals surface area contributed by atoms with Crippen LogP contribution < -0.4 is 4.90 Å². The Morgan fingerprint density at radius 2 is 2.15 bits per heavy atom. The summed E-state index contributed by atoms with van der Waals surface area (Å²) in [5.74, 6) is 3.20. The molecule has 0 aromatic rings. The van der Waals surface area contributed by atoms with E-state index in [1.165, 1.54) is 4.90 Å². The van der Waals surface area contributed by atoms with Crippen LogP contribution in [0.1, 0.15) is 27.2 Å². The molecule has 74 valence electrons. The number of nitrogens with one attached hydrogen (secondary N) is 1. The van der Waals surface area contributed by atoms with Gasteiger partial charge in [0.15, 0.2) is 5.54 Å². The van der Waals surface area contributed by atoms with Crippen LogP contribution in [0.2, 0.25) is 0 Å². The molecule has 0 radical (unpaired) electrons. The summed E-state index contributed by atoms with van der Waals surface area (Å²) in [6.07, 6.45) is 6.23. The highest BCUT2D eigenvalue weighted by molar-refractivity contribution is 5.01. The van der Waals surface area contributed by atoms with Crippen LogP contribution in [0.25, 0.3) is 0 Å². The van der Waals surface area contributed by atoms with Crippen molar-refractivity contribution in [3.8, 4) is 12.3 Å². The van der Waals surface area contributed by atoms with E-state index in [9.17, 15) is 5.11 Å². The first kappa shape index (κ1) is 10.6. The van der Waals surface area contributed by atoms with Gasteiger partial charge in [-0.05, 0) is 5.92 Å². The molecule has 0 aromatic heterocycles. The van der Waals surface area contributed by atoms with Crippen molar-refractivity contribution in [2.45, 2.75) is 38.8 Å². The molecule has 0 aromatic carbocycles. The molecule has 2 nitrogen and oxygen atoms in total. The molecule has 0 bridgehead atoms. The minimum atomic E-state index is -0.127. The lowest BCUT2D eigenvalue weighted by Gasteiger charge is -2.38. The summed E-state index contributed by atoms with van der Waals surface area (Å²) in [5.41, 5.74) is -0.0889. The van der Waals surface area contributed by atoms with Gasteiger partial charge in [-0.1, -0.05) is 6.92 Å². The third-order valence-electron chi connectivity index (χ3n) is 3.21. The second kappa shape index (κ2) is 3.69. The topological polar surface area (TPSA) is 24.7 Å². The summed E-state index contributed by atoms with van der Waals surface area (Å²) >= 11 is 0. The van der Waals surface area contributed by atoms with Crippen LogP contribution in [0, 0.1) is 18.3 Å². The maximum Gasteiger partial charge on any atom is 0.153 e. The molecule has 1 saturated heterocycles. The van der Waals surface area contributed by atoms with E-state index in [-0.39, 0.29) is 11.6 Å². The maximum absolute atomic E-state index is 9.57. The van der Waals surface area contributed by atoms with Crippen molar-refractivity contribution in [2.24, 2.45) is 5.92 Å². The third kappa shape index (κ3) is 2.24. The Labute approximate surface area is 80.9 Å². The molecule has 1 unspecified atom stereocenters. The zero-order valence-electron chi connectivity index (χ0n) is 8.80. The van der Waals surface area contributed by atoms with Gasteiger partial charge in [-0.2, -0.15) is 0 Å². The number of aliphatic hydroxyl groups is 1. The highest BCUT2D eigenvalue weighted by Crippen LogP contribution is 2.09.